The van der Waals surface area contributed by atoms with Crippen LogP contribution in [-0.4, -0.2) is 18.6 Å². The van der Waals surface area contributed by atoms with E-state index in [-0.39, 0.29) is 12.1 Å². The smallest absolute Gasteiger partial charge is 0.315 e. The lowest BCUT2D eigenvalue weighted by Gasteiger charge is -2.26. The van der Waals surface area contributed by atoms with E-state index in [1.807, 2.05) is 30.3 Å². The van der Waals surface area contributed by atoms with Crippen LogP contribution in [-0.2, 0) is 0 Å². The fourth-order valence-electron chi connectivity index (χ4n) is 1.81. The van der Waals surface area contributed by atoms with Crippen LogP contribution in [0.15, 0.2) is 30.3 Å². The number of benzene rings is 1. The van der Waals surface area contributed by atoms with E-state index in [9.17, 15) is 4.79 Å². The van der Waals surface area contributed by atoms with Crippen molar-refractivity contribution in [1.82, 2.24) is 10.6 Å². The number of amides is 2. The quantitative estimate of drug-likeness (QED) is 0.738. The maximum absolute atomic E-state index is 11.5. The van der Waals surface area contributed by atoms with Crippen molar-refractivity contribution in [3.05, 3.63) is 35.9 Å². The van der Waals surface area contributed by atoms with E-state index in [0.29, 0.717) is 12.6 Å². The van der Waals surface area contributed by atoms with Crippen molar-refractivity contribution in [1.29, 1.82) is 0 Å². The molecule has 92 valence electrons. The van der Waals surface area contributed by atoms with E-state index in [1.165, 1.54) is 6.42 Å². The van der Waals surface area contributed by atoms with Crippen molar-refractivity contribution < 1.29 is 4.79 Å². The highest BCUT2D eigenvalue weighted by atomic mass is 16.2. The molecule has 0 radical (unpaired) electrons. The van der Waals surface area contributed by atoms with Crippen molar-refractivity contribution >= 4 is 6.03 Å². The van der Waals surface area contributed by atoms with Gasteiger partial charge in [-0.1, -0.05) is 30.3 Å². The fourth-order valence-corrected chi connectivity index (χ4v) is 1.81. The maximum atomic E-state index is 11.5. The minimum absolute atomic E-state index is 0.110. The van der Waals surface area contributed by atoms with Gasteiger partial charge in [-0.05, 0) is 24.8 Å². The van der Waals surface area contributed by atoms with Gasteiger partial charge in [0.2, 0.25) is 0 Å². The summed E-state index contributed by atoms with van der Waals surface area (Å²) in [4.78, 5) is 11.5. The minimum Gasteiger partial charge on any atom is -0.336 e. The lowest BCUT2D eigenvalue weighted by atomic mass is 9.93. The summed E-state index contributed by atoms with van der Waals surface area (Å²) in [5.41, 5.74) is 7.02. The summed E-state index contributed by atoms with van der Waals surface area (Å²) < 4.78 is 0. The Bertz CT molecular complexity index is 362. The number of hydrogen-bond donors (Lipinski definition) is 3. The Morgan fingerprint density at radius 3 is 2.65 bits per heavy atom. The molecule has 1 atom stereocenters. The number of carbonyl (C=O) groups excluding carboxylic acids is 1. The topological polar surface area (TPSA) is 67.1 Å². The van der Waals surface area contributed by atoms with Gasteiger partial charge in [0, 0.05) is 18.6 Å². The summed E-state index contributed by atoms with van der Waals surface area (Å²) in [7, 11) is 0. The molecule has 0 spiro atoms. The molecule has 1 aliphatic carbocycles. The molecule has 4 nitrogen and oxygen atoms in total. The summed E-state index contributed by atoms with van der Waals surface area (Å²) in [5.74, 6) is 0. The summed E-state index contributed by atoms with van der Waals surface area (Å²) in [6.45, 7) is 0.461. The van der Waals surface area contributed by atoms with Gasteiger partial charge in [-0.25, -0.2) is 4.79 Å². The van der Waals surface area contributed by atoms with Gasteiger partial charge in [-0.2, -0.15) is 0 Å². The summed E-state index contributed by atoms with van der Waals surface area (Å²) in [5, 5.41) is 5.72. The highest BCUT2D eigenvalue weighted by Gasteiger charge is 2.19. The molecule has 4 heteroatoms. The van der Waals surface area contributed by atoms with Crippen molar-refractivity contribution in [3.8, 4) is 0 Å². The minimum atomic E-state index is -0.150. The number of urea groups is 1. The molecule has 1 saturated carbocycles. The zero-order chi connectivity index (χ0) is 12.1. The van der Waals surface area contributed by atoms with E-state index in [4.69, 9.17) is 5.73 Å². The van der Waals surface area contributed by atoms with Gasteiger partial charge < -0.3 is 16.4 Å². The summed E-state index contributed by atoms with van der Waals surface area (Å²) in [6.07, 6.45) is 3.41. The summed E-state index contributed by atoms with van der Waals surface area (Å²) >= 11 is 0. The Morgan fingerprint density at radius 1 is 1.35 bits per heavy atom. The molecule has 0 bridgehead atoms. The van der Waals surface area contributed by atoms with Crippen molar-refractivity contribution in [3.63, 3.8) is 0 Å². The SMILES string of the molecule is NC(CNC(=O)NC1CCC1)c1ccccc1. The van der Waals surface area contributed by atoms with Gasteiger partial charge >= 0.3 is 6.03 Å². The zero-order valence-electron chi connectivity index (χ0n) is 9.86. The molecule has 0 aromatic heterocycles. The third-order valence-corrected chi connectivity index (χ3v) is 3.15. The number of nitrogens with one attached hydrogen (secondary N) is 2. The van der Waals surface area contributed by atoms with Crippen molar-refractivity contribution in [2.24, 2.45) is 5.73 Å². The second-order valence-corrected chi connectivity index (χ2v) is 4.50. The molecule has 1 aliphatic rings. The summed E-state index contributed by atoms with van der Waals surface area (Å²) in [6, 6.07) is 9.89. The molecule has 0 aliphatic heterocycles. The first-order valence-corrected chi connectivity index (χ1v) is 6.10. The Balaban J connectivity index is 1.72. The lowest BCUT2D eigenvalue weighted by Crippen LogP contribution is -2.46. The molecule has 4 N–H and O–H groups in total. The predicted octanol–water partition coefficient (Wildman–Crippen LogP) is 1.54. The molecule has 1 unspecified atom stereocenters. The first kappa shape index (κ1) is 11.9. The van der Waals surface area contributed by atoms with Crippen LogP contribution in [0.5, 0.6) is 0 Å². The predicted molar refractivity (Wildman–Crippen MR) is 67.5 cm³/mol. The van der Waals surface area contributed by atoms with Gasteiger partial charge in [0.25, 0.3) is 0 Å². The third kappa shape index (κ3) is 3.46. The van der Waals surface area contributed by atoms with Gasteiger partial charge in [-0.3, -0.25) is 0 Å². The maximum Gasteiger partial charge on any atom is 0.315 e. The number of carbonyl (C=O) groups is 1. The van der Waals surface area contributed by atoms with Crippen LogP contribution in [0.1, 0.15) is 30.9 Å². The van der Waals surface area contributed by atoms with Crippen molar-refractivity contribution in [2.75, 3.05) is 6.54 Å². The van der Waals surface area contributed by atoms with Crippen LogP contribution < -0.4 is 16.4 Å². The van der Waals surface area contributed by atoms with Gasteiger partial charge in [0.15, 0.2) is 0 Å². The molecule has 17 heavy (non-hydrogen) atoms. The van der Waals surface area contributed by atoms with E-state index < -0.39 is 0 Å². The van der Waals surface area contributed by atoms with Crippen LogP contribution in [0, 0.1) is 0 Å². The number of rotatable bonds is 4. The number of nitrogens with two attached hydrogens (primary N) is 1. The zero-order valence-corrected chi connectivity index (χ0v) is 9.86. The third-order valence-electron chi connectivity index (χ3n) is 3.15. The Hall–Kier alpha value is -1.55. The highest BCUT2D eigenvalue weighted by molar-refractivity contribution is 5.74. The molecular formula is C13H19N3O. The Kier molecular flexibility index (Phi) is 3.98. The van der Waals surface area contributed by atoms with Crippen molar-refractivity contribution in [2.45, 2.75) is 31.3 Å². The molecule has 0 heterocycles. The molecule has 2 rings (SSSR count). The fraction of sp³-hybridized carbons (Fsp3) is 0.462. The van der Waals surface area contributed by atoms with Gasteiger partial charge in [0.05, 0.1) is 0 Å². The van der Waals surface area contributed by atoms with E-state index >= 15 is 0 Å². The van der Waals surface area contributed by atoms with Gasteiger partial charge in [0.1, 0.15) is 0 Å². The van der Waals surface area contributed by atoms with Crippen LogP contribution in [0.2, 0.25) is 0 Å². The van der Waals surface area contributed by atoms with Crippen LogP contribution in [0.3, 0.4) is 0 Å². The molecule has 1 fully saturated rings. The number of hydrogen-bond acceptors (Lipinski definition) is 2. The monoisotopic (exact) mass is 233 g/mol. The first-order valence-electron chi connectivity index (χ1n) is 6.10. The highest BCUT2D eigenvalue weighted by Crippen LogP contribution is 2.17. The van der Waals surface area contributed by atoms with Crippen LogP contribution in [0.25, 0.3) is 0 Å². The Labute approximate surface area is 102 Å². The average molecular weight is 233 g/mol. The second-order valence-electron chi connectivity index (χ2n) is 4.50. The van der Waals surface area contributed by atoms with Gasteiger partial charge in [-0.15, -0.1) is 0 Å². The first-order chi connectivity index (χ1) is 8.25. The standard InChI is InChI=1S/C13H19N3O/c14-12(10-5-2-1-3-6-10)9-15-13(17)16-11-7-4-8-11/h1-3,5-6,11-12H,4,7-9,14H2,(H2,15,16,17). The molecule has 2 amide bonds. The molecular weight excluding hydrogens is 214 g/mol. The van der Waals surface area contributed by atoms with E-state index in [2.05, 4.69) is 10.6 Å². The van der Waals surface area contributed by atoms with Crippen LogP contribution >= 0.6 is 0 Å². The normalized spacial score (nSPS) is 17.0. The molecule has 1 aromatic carbocycles. The van der Waals surface area contributed by atoms with E-state index in [1.54, 1.807) is 0 Å². The largest absolute Gasteiger partial charge is 0.336 e. The van der Waals surface area contributed by atoms with E-state index in [0.717, 1.165) is 18.4 Å². The second kappa shape index (κ2) is 5.68. The Morgan fingerprint density at radius 2 is 2.06 bits per heavy atom. The lowest BCUT2D eigenvalue weighted by molar-refractivity contribution is 0.228. The average Bonchev–Trinajstić information content (AvgIpc) is 2.32. The van der Waals surface area contributed by atoms with Crippen LogP contribution in [0.4, 0.5) is 4.79 Å². The molecule has 0 saturated heterocycles. The molecule has 1 aromatic rings.